The first-order chi connectivity index (χ1) is 13.6. The lowest BCUT2D eigenvalue weighted by atomic mass is 10.2. The van der Waals surface area contributed by atoms with Crippen LogP contribution in [0, 0.1) is 0 Å². The van der Waals surface area contributed by atoms with E-state index >= 15 is 0 Å². The molecule has 1 aliphatic heterocycles. The minimum atomic E-state index is -0.194. The molecule has 1 N–H and O–H groups in total. The zero-order valence-electron chi connectivity index (χ0n) is 15.9. The zero-order chi connectivity index (χ0) is 19.7. The van der Waals surface area contributed by atoms with Crippen molar-refractivity contribution in [1.29, 1.82) is 0 Å². The van der Waals surface area contributed by atoms with Gasteiger partial charge in [0.25, 0.3) is 5.91 Å². The predicted octanol–water partition coefficient (Wildman–Crippen LogP) is 1.49. The van der Waals surface area contributed by atoms with Crippen molar-refractivity contribution in [3.8, 4) is 5.75 Å². The average Bonchev–Trinajstić information content (AvgIpc) is 3.00. The first-order valence-corrected chi connectivity index (χ1v) is 9.32. The molecule has 0 aromatic carbocycles. The molecule has 1 amide bonds. The summed E-state index contributed by atoms with van der Waals surface area (Å²) in [4.78, 5) is 30.7. The van der Waals surface area contributed by atoms with Gasteiger partial charge in [0.05, 0.1) is 12.1 Å². The summed E-state index contributed by atoms with van der Waals surface area (Å²) in [5, 5.41) is 7.12. The molecule has 0 saturated carbocycles. The quantitative estimate of drug-likeness (QED) is 0.672. The van der Waals surface area contributed by atoms with Gasteiger partial charge in [-0.05, 0) is 18.6 Å². The molecule has 3 aromatic rings. The van der Waals surface area contributed by atoms with Crippen molar-refractivity contribution < 1.29 is 9.53 Å². The predicted molar refractivity (Wildman–Crippen MR) is 104 cm³/mol. The summed E-state index contributed by atoms with van der Waals surface area (Å²) in [7, 11) is 1.62. The van der Waals surface area contributed by atoms with Gasteiger partial charge < -0.3 is 15.0 Å². The lowest BCUT2D eigenvalue weighted by molar-refractivity contribution is 0.0952. The number of hydrogen-bond donors (Lipinski definition) is 1. The van der Waals surface area contributed by atoms with Crippen molar-refractivity contribution in [3.63, 3.8) is 0 Å². The Balaban J connectivity index is 1.64. The largest absolute Gasteiger partial charge is 0.488 e. The maximum absolute atomic E-state index is 12.3. The third-order valence-electron chi connectivity index (χ3n) is 4.70. The Labute approximate surface area is 161 Å². The highest BCUT2D eigenvalue weighted by atomic mass is 16.5. The second-order valence-electron chi connectivity index (χ2n) is 6.67. The van der Waals surface area contributed by atoms with Crippen LogP contribution in [0.2, 0.25) is 0 Å². The van der Waals surface area contributed by atoms with Crippen molar-refractivity contribution >= 4 is 23.1 Å². The number of aryl methyl sites for hydroxylation is 1. The lowest BCUT2D eigenvalue weighted by Gasteiger charge is -2.30. The fraction of sp³-hybridized carbons (Fsp3) is 0.368. The highest BCUT2D eigenvalue weighted by Gasteiger charge is 2.23. The van der Waals surface area contributed by atoms with Crippen LogP contribution in [0.3, 0.4) is 0 Å². The normalized spacial score (nSPS) is 13.3. The Morgan fingerprint density at radius 1 is 1.36 bits per heavy atom. The van der Waals surface area contributed by atoms with E-state index in [-0.39, 0.29) is 11.6 Å². The van der Waals surface area contributed by atoms with Gasteiger partial charge in [0, 0.05) is 37.7 Å². The number of fused-ring (bicyclic) bond motifs is 2. The van der Waals surface area contributed by atoms with Crippen molar-refractivity contribution in [2.45, 2.75) is 19.8 Å². The van der Waals surface area contributed by atoms with Crippen LogP contribution in [-0.4, -0.2) is 44.8 Å². The van der Waals surface area contributed by atoms with E-state index in [1.54, 1.807) is 25.5 Å². The van der Waals surface area contributed by atoms with E-state index < -0.39 is 0 Å². The molecule has 1 aliphatic rings. The zero-order valence-corrected chi connectivity index (χ0v) is 15.9. The van der Waals surface area contributed by atoms with Crippen LogP contribution < -0.4 is 20.6 Å². The van der Waals surface area contributed by atoms with E-state index in [4.69, 9.17) is 4.74 Å². The molecular weight excluding hydrogens is 360 g/mol. The fourth-order valence-corrected chi connectivity index (χ4v) is 3.19. The van der Waals surface area contributed by atoms with Crippen LogP contribution in [-0.2, 0) is 7.05 Å². The van der Waals surface area contributed by atoms with Crippen molar-refractivity contribution in [3.05, 3.63) is 46.6 Å². The summed E-state index contributed by atoms with van der Waals surface area (Å²) in [5.74, 6) is 1.05. The smallest absolute Gasteiger partial charge is 0.350 e. The number of ether oxygens (including phenoxy) is 1. The fourth-order valence-electron chi connectivity index (χ4n) is 3.19. The van der Waals surface area contributed by atoms with Crippen molar-refractivity contribution in [2.75, 3.05) is 24.6 Å². The third kappa shape index (κ3) is 3.19. The Bertz CT molecular complexity index is 1090. The van der Waals surface area contributed by atoms with Gasteiger partial charge in [-0.3, -0.25) is 9.20 Å². The van der Waals surface area contributed by atoms with Crippen LogP contribution in [0.25, 0.3) is 5.65 Å². The third-order valence-corrected chi connectivity index (χ3v) is 4.70. The topological polar surface area (TPSA) is 93.8 Å². The van der Waals surface area contributed by atoms with Crippen LogP contribution in [0.4, 0.5) is 11.5 Å². The molecule has 0 saturated heterocycles. The number of aromatic nitrogens is 4. The molecule has 9 nitrogen and oxygen atoms in total. The standard InChI is InChI=1S/C19H22N6O3/c1-3-4-6-20-18(26)13-10-15-17(21-12-13)24(8-9-28-15)14-5-7-25-16(11-14)22-23(2)19(25)27/h5,7,10-12H,3-4,6,8-9H2,1-2H3,(H,20,26). The molecule has 3 aromatic heterocycles. The van der Waals surface area contributed by atoms with Gasteiger partial charge in [0.1, 0.15) is 6.61 Å². The summed E-state index contributed by atoms with van der Waals surface area (Å²) in [6.07, 6.45) is 5.22. The van der Waals surface area contributed by atoms with Gasteiger partial charge in [0.2, 0.25) is 0 Å². The SMILES string of the molecule is CCCCNC(=O)c1cnc2c(c1)OCCN2c1ccn2c(=O)n(C)nc2c1. The molecule has 28 heavy (non-hydrogen) atoms. The van der Waals surface area contributed by atoms with E-state index in [1.807, 2.05) is 17.0 Å². The van der Waals surface area contributed by atoms with Crippen LogP contribution >= 0.6 is 0 Å². The van der Waals surface area contributed by atoms with Crippen LogP contribution in [0.15, 0.2) is 35.4 Å². The molecule has 4 heterocycles. The number of anilines is 2. The van der Waals surface area contributed by atoms with E-state index in [2.05, 4.69) is 22.3 Å². The van der Waals surface area contributed by atoms with Gasteiger partial charge in [-0.2, -0.15) is 5.10 Å². The molecule has 0 radical (unpaired) electrons. The number of amides is 1. The number of carbonyl (C=O) groups is 1. The van der Waals surface area contributed by atoms with Gasteiger partial charge in [-0.25, -0.2) is 14.5 Å². The van der Waals surface area contributed by atoms with Crippen molar-refractivity contribution in [2.24, 2.45) is 7.05 Å². The molecular formula is C19H22N6O3. The lowest BCUT2D eigenvalue weighted by Crippen LogP contribution is -2.30. The molecule has 0 aliphatic carbocycles. The maximum Gasteiger partial charge on any atom is 0.350 e. The van der Waals surface area contributed by atoms with Crippen LogP contribution in [0.1, 0.15) is 30.1 Å². The number of hydrogen-bond acceptors (Lipinski definition) is 6. The number of rotatable bonds is 5. The Kier molecular flexibility index (Phi) is 4.72. The first-order valence-electron chi connectivity index (χ1n) is 9.32. The molecule has 146 valence electrons. The Morgan fingerprint density at radius 2 is 2.21 bits per heavy atom. The highest BCUT2D eigenvalue weighted by molar-refractivity contribution is 5.94. The Hall–Kier alpha value is -3.36. The minimum Gasteiger partial charge on any atom is -0.488 e. The summed E-state index contributed by atoms with van der Waals surface area (Å²) in [6, 6.07) is 5.40. The number of carbonyl (C=O) groups excluding carboxylic acids is 1. The monoisotopic (exact) mass is 382 g/mol. The van der Waals surface area contributed by atoms with E-state index in [9.17, 15) is 9.59 Å². The molecule has 0 bridgehead atoms. The minimum absolute atomic E-state index is 0.154. The van der Waals surface area contributed by atoms with Gasteiger partial charge in [-0.15, -0.1) is 0 Å². The average molecular weight is 382 g/mol. The molecule has 0 atom stereocenters. The molecule has 0 unspecified atom stereocenters. The summed E-state index contributed by atoms with van der Waals surface area (Å²) in [6.45, 7) is 3.79. The van der Waals surface area contributed by atoms with Crippen molar-refractivity contribution in [1.82, 2.24) is 24.5 Å². The Morgan fingerprint density at radius 3 is 3.04 bits per heavy atom. The summed E-state index contributed by atoms with van der Waals surface area (Å²) in [5.41, 5.74) is 1.70. The number of nitrogens with one attached hydrogen (secondary N) is 1. The second kappa shape index (κ2) is 7.34. The molecule has 9 heteroatoms. The highest BCUT2D eigenvalue weighted by Crippen LogP contribution is 2.35. The number of unbranched alkanes of at least 4 members (excludes halogenated alkanes) is 1. The van der Waals surface area contributed by atoms with Crippen LogP contribution in [0.5, 0.6) is 5.75 Å². The van der Waals surface area contributed by atoms with E-state index in [1.165, 1.54) is 9.08 Å². The summed E-state index contributed by atoms with van der Waals surface area (Å²) < 4.78 is 8.53. The molecule has 0 fully saturated rings. The first kappa shape index (κ1) is 18.0. The van der Waals surface area contributed by atoms with Gasteiger partial charge >= 0.3 is 5.69 Å². The molecule has 4 rings (SSSR count). The second-order valence-corrected chi connectivity index (χ2v) is 6.67. The number of pyridine rings is 2. The van der Waals surface area contributed by atoms with Gasteiger partial charge in [-0.1, -0.05) is 13.3 Å². The molecule has 0 spiro atoms. The van der Waals surface area contributed by atoms with Gasteiger partial charge in [0.15, 0.2) is 17.2 Å². The van der Waals surface area contributed by atoms with E-state index in [0.717, 1.165) is 18.5 Å². The maximum atomic E-state index is 12.3. The summed E-state index contributed by atoms with van der Waals surface area (Å²) >= 11 is 0. The number of nitrogens with zero attached hydrogens (tertiary/aromatic N) is 5. The van der Waals surface area contributed by atoms with E-state index in [0.29, 0.717) is 42.5 Å².